The molecule has 2 heterocycles. The van der Waals surface area contributed by atoms with Gasteiger partial charge in [0.25, 0.3) is 0 Å². The Hall–Kier alpha value is -0.880. The van der Waals surface area contributed by atoms with Crippen molar-refractivity contribution in [3.8, 4) is 0 Å². The number of pyridine rings is 1. The van der Waals surface area contributed by atoms with Gasteiger partial charge < -0.3 is 15.8 Å². The van der Waals surface area contributed by atoms with Gasteiger partial charge in [0.05, 0.1) is 17.4 Å². The summed E-state index contributed by atoms with van der Waals surface area (Å²) in [6.07, 6.45) is 3.39. The summed E-state index contributed by atoms with van der Waals surface area (Å²) in [6.45, 7) is 3.24. The number of halogens is 2. The van der Waals surface area contributed by atoms with Crippen molar-refractivity contribution in [3.05, 3.63) is 24.0 Å². The van der Waals surface area contributed by atoms with E-state index in [1.807, 2.05) is 13.0 Å². The van der Waals surface area contributed by atoms with Crippen molar-refractivity contribution in [2.45, 2.75) is 25.8 Å². The van der Waals surface area contributed by atoms with E-state index in [9.17, 15) is 4.79 Å². The monoisotopic (exact) mass is 321 g/mol. The normalized spacial score (nSPS) is 16.5. The molecule has 0 aromatic carbocycles. The first-order valence-electron chi connectivity index (χ1n) is 6.24. The summed E-state index contributed by atoms with van der Waals surface area (Å²) < 4.78 is 5.27. The molecule has 3 N–H and O–H groups in total. The third-order valence-corrected chi connectivity index (χ3v) is 3.34. The number of amides is 1. The molecular weight excluding hydrogens is 301 g/mol. The molecule has 1 aliphatic rings. The highest BCUT2D eigenvalue weighted by Gasteiger charge is 2.26. The van der Waals surface area contributed by atoms with Gasteiger partial charge in [-0.3, -0.25) is 9.78 Å². The van der Waals surface area contributed by atoms with Gasteiger partial charge in [0, 0.05) is 19.4 Å². The summed E-state index contributed by atoms with van der Waals surface area (Å²) in [4.78, 5) is 16.2. The van der Waals surface area contributed by atoms with Gasteiger partial charge >= 0.3 is 0 Å². The van der Waals surface area contributed by atoms with Crippen molar-refractivity contribution in [2.24, 2.45) is 11.7 Å². The van der Waals surface area contributed by atoms with Gasteiger partial charge in [-0.05, 0) is 37.8 Å². The Labute approximate surface area is 131 Å². The zero-order valence-electron chi connectivity index (χ0n) is 11.4. The highest BCUT2D eigenvalue weighted by Crippen LogP contribution is 2.19. The molecule has 0 spiro atoms. The van der Waals surface area contributed by atoms with Crippen LogP contribution >= 0.6 is 24.8 Å². The number of ether oxygens (including phenoxy) is 1. The summed E-state index contributed by atoms with van der Waals surface area (Å²) in [7, 11) is 0. The highest BCUT2D eigenvalue weighted by molar-refractivity contribution is 5.95. The van der Waals surface area contributed by atoms with Crippen LogP contribution in [-0.4, -0.2) is 30.1 Å². The number of nitrogens with two attached hydrogens (primary N) is 1. The first-order chi connectivity index (χ1) is 8.68. The van der Waals surface area contributed by atoms with Crippen LogP contribution in [0.1, 0.15) is 18.5 Å². The Morgan fingerprint density at radius 2 is 2.10 bits per heavy atom. The SMILES string of the molecule is Cc1ncccc1NC(=O)C(N)C1CCOCC1.Cl.Cl. The van der Waals surface area contributed by atoms with Gasteiger partial charge in [-0.2, -0.15) is 0 Å². The standard InChI is InChI=1S/C13H19N3O2.2ClH/c1-9-11(3-2-6-15-9)16-13(17)12(14)10-4-7-18-8-5-10;;/h2-3,6,10,12H,4-5,7-8,14H2,1H3,(H,16,17);2*1H. The van der Waals surface area contributed by atoms with Crippen molar-refractivity contribution in [2.75, 3.05) is 18.5 Å². The molecule has 5 nitrogen and oxygen atoms in total. The van der Waals surface area contributed by atoms with Crippen LogP contribution < -0.4 is 11.1 Å². The van der Waals surface area contributed by atoms with E-state index in [0.717, 1.165) is 24.2 Å². The second-order valence-electron chi connectivity index (χ2n) is 4.60. The number of carbonyl (C=O) groups is 1. The van der Waals surface area contributed by atoms with Crippen LogP contribution in [0.15, 0.2) is 18.3 Å². The molecule has 1 atom stereocenters. The van der Waals surface area contributed by atoms with Crippen molar-refractivity contribution in [1.82, 2.24) is 4.98 Å². The minimum atomic E-state index is -0.478. The fraction of sp³-hybridized carbons (Fsp3) is 0.538. The van der Waals surface area contributed by atoms with Crippen LogP contribution in [0.4, 0.5) is 5.69 Å². The predicted molar refractivity (Wildman–Crippen MR) is 83.6 cm³/mol. The van der Waals surface area contributed by atoms with Crippen LogP contribution in [0, 0.1) is 12.8 Å². The Morgan fingerprint density at radius 1 is 1.45 bits per heavy atom. The van der Waals surface area contributed by atoms with Crippen LogP contribution in [0.2, 0.25) is 0 Å². The number of hydrogen-bond donors (Lipinski definition) is 2. The van der Waals surface area contributed by atoms with Crippen LogP contribution in [0.5, 0.6) is 0 Å². The average Bonchev–Trinajstić information content (AvgIpc) is 2.41. The number of rotatable bonds is 3. The molecular formula is C13H21Cl2N3O2. The molecule has 114 valence electrons. The lowest BCUT2D eigenvalue weighted by atomic mass is 9.92. The second kappa shape index (κ2) is 9.13. The summed E-state index contributed by atoms with van der Waals surface area (Å²) >= 11 is 0. The Balaban J connectivity index is 0.00000180. The minimum Gasteiger partial charge on any atom is -0.381 e. The maximum atomic E-state index is 12.1. The van der Waals surface area contributed by atoms with E-state index in [1.54, 1.807) is 12.3 Å². The fourth-order valence-corrected chi connectivity index (χ4v) is 2.12. The van der Waals surface area contributed by atoms with Crippen LogP contribution in [-0.2, 0) is 9.53 Å². The molecule has 0 saturated carbocycles. The lowest BCUT2D eigenvalue weighted by Crippen LogP contribution is -2.44. The third-order valence-electron chi connectivity index (χ3n) is 3.34. The zero-order chi connectivity index (χ0) is 13.0. The molecule has 0 radical (unpaired) electrons. The summed E-state index contributed by atoms with van der Waals surface area (Å²) in [5, 5.41) is 2.84. The number of anilines is 1. The van der Waals surface area contributed by atoms with Crippen molar-refractivity contribution < 1.29 is 9.53 Å². The molecule has 1 amide bonds. The molecule has 0 aliphatic carbocycles. The quantitative estimate of drug-likeness (QED) is 0.891. The number of nitrogens with zero attached hydrogens (tertiary/aromatic N) is 1. The average molecular weight is 322 g/mol. The van der Waals surface area contributed by atoms with E-state index in [1.165, 1.54) is 0 Å². The molecule has 1 aromatic rings. The lowest BCUT2D eigenvalue weighted by Gasteiger charge is -2.26. The smallest absolute Gasteiger partial charge is 0.241 e. The van der Waals surface area contributed by atoms with Crippen LogP contribution in [0.3, 0.4) is 0 Å². The largest absolute Gasteiger partial charge is 0.381 e. The summed E-state index contributed by atoms with van der Waals surface area (Å²) in [5.74, 6) is 0.0636. The molecule has 1 aromatic heterocycles. The lowest BCUT2D eigenvalue weighted by molar-refractivity contribution is -0.119. The number of aromatic nitrogens is 1. The number of nitrogens with one attached hydrogen (secondary N) is 1. The number of carbonyl (C=O) groups excluding carboxylic acids is 1. The fourth-order valence-electron chi connectivity index (χ4n) is 2.12. The molecule has 1 fully saturated rings. The zero-order valence-corrected chi connectivity index (χ0v) is 13.0. The maximum absolute atomic E-state index is 12.1. The molecule has 0 bridgehead atoms. The summed E-state index contributed by atoms with van der Waals surface area (Å²) in [5.41, 5.74) is 7.53. The van der Waals surface area contributed by atoms with Gasteiger partial charge in [0.2, 0.25) is 5.91 Å². The maximum Gasteiger partial charge on any atom is 0.241 e. The van der Waals surface area contributed by atoms with Gasteiger partial charge in [-0.1, -0.05) is 0 Å². The van der Waals surface area contributed by atoms with Crippen molar-refractivity contribution >= 4 is 36.4 Å². The van der Waals surface area contributed by atoms with E-state index in [-0.39, 0.29) is 36.6 Å². The molecule has 1 aliphatic heterocycles. The van der Waals surface area contributed by atoms with Crippen molar-refractivity contribution in [3.63, 3.8) is 0 Å². The van der Waals surface area contributed by atoms with Crippen LogP contribution in [0.25, 0.3) is 0 Å². The van der Waals surface area contributed by atoms with E-state index in [0.29, 0.717) is 13.2 Å². The number of aryl methyl sites for hydroxylation is 1. The topological polar surface area (TPSA) is 77.2 Å². The Bertz CT molecular complexity index is 426. The Morgan fingerprint density at radius 3 is 2.70 bits per heavy atom. The molecule has 1 unspecified atom stereocenters. The van der Waals surface area contributed by atoms with E-state index in [2.05, 4.69) is 10.3 Å². The second-order valence-corrected chi connectivity index (χ2v) is 4.60. The Kier molecular flexibility index (Phi) is 8.73. The minimum absolute atomic E-state index is 0. The number of hydrogen-bond acceptors (Lipinski definition) is 4. The van der Waals surface area contributed by atoms with Gasteiger partial charge in [-0.25, -0.2) is 0 Å². The highest BCUT2D eigenvalue weighted by atomic mass is 35.5. The third kappa shape index (κ3) is 4.90. The molecule has 1 saturated heterocycles. The molecule has 7 heteroatoms. The molecule has 20 heavy (non-hydrogen) atoms. The van der Waals surface area contributed by atoms with Gasteiger partial charge in [0.1, 0.15) is 0 Å². The molecule has 2 rings (SSSR count). The van der Waals surface area contributed by atoms with Gasteiger partial charge in [0.15, 0.2) is 0 Å². The van der Waals surface area contributed by atoms with Gasteiger partial charge in [-0.15, -0.1) is 24.8 Å². The van der Waals surface area contributed by atoms with E-state index >= 15 is 0 Å². The van der Waals surface area contributed by atoms with E-state index < -0.39 is 6.04 Å². The first-order valence-corrected chi connectivity index (χ1v) is 6.24. The van der Waals surface area contributed by atoms with E-state index in [4.69, 9.17) is 10.5 Å². The van der Waals surface area contributed by atoms with Crippen molar-refractivity contribution in [1.29, 1.82) is 0 Å². The predicted octanol–water partition coefficient (Wildman–Crippen LogP) is 1.93. The first kappa shape index (κ1) is 19.1. The summed E-state index contributed by atoms with van der Waals surface area (Å²) in [6, 6.07) is 3.15.